The number of nitrogens with zero attached hydrogens (tertiary/aromatic N) is 3. The SMILES string of the molecule is Cc1cc(C(=O)N2CCC(C(C)O)CC2)c(C)n1Cc1ccccn1. The van der Waals surface area contributed by atoms with E-state index in [9.17, 15) is 9.90 Å². The van der Waals surface area contributed by atoms with Crippen LogP contribution in [0.4, 0.5) is 0 Å². The molecule has 1 unspecified atom stereocenters. The first-order valence-electron chi connectivity index (χ1n) is 9.01. The Morgan fingerprint density at radius 2 is 2.04 bits per heavy atom. The molecule has 0 saturated carbocycles. The molecule has 2 aromatic heterocycles. The Bertz CT molecular complexity index is 729. The van der Waals surface area contributed by atoms with Gasteiger partial charge in [0.05, 0.1) is 23.9 Å². The van der Waals surface area contributed by atoms with Crippen LogP contribution in [-0.2, 0) is 6.54 Å². The zero-order valence-electron chi connectivity index (χ0n) is 15.3. The van der Waals surface area contributed by atoms with E-state index in [0.29, 0.717) is 12.5 Å². The van der Waals surface area contributed by atoms with Gasteiger partial charge in [0.15, 0.2) is 0 Å². The topological polar surface area (TPSA) is 58.4 Å². The second-order valence-corrected chi connectivity index (χ2v) is 7.06. The summed E-state index contributed by atoms with van der Waals surface area (Å²) in [6.45, 7) is 8.00. The number of piperidine rings is 1. The lowest BCUT2D eigenvalue weighted by Crippen LogP contribution is -2.40. The molecule has 1 atom stereocenters. The van der Waals surface area contributed by atoms with Gasteiger partial charge in [0, 0.05) is 30.7 Å². The van der Waals surface area contributed by atoms with Crippen LogP contribution in [0, 0.1) is 19.8 Å². The predicted octanol–water partition coefficient (Wildman–Crippen LogP) is 2.78. The van der Waals surface area contributed by atoms with Crippen molar-refractivity contribution in [3.05, 3.63) is 53.1 Å². The molecule has 2 aromatic rings. The number of aliphatic hydroxyl groups excluding tert-OH is 1. The fourth-order valence-corrected chi connectivity index (χ4v) is 3.67. The molecule has 1 aliphatic heterocycles. The summed E-state index contributed by atoms with van der Waals surface area (Å²) in [5, 5.41) is 9.73. The van der Waals surface area contributed by atoms with E-state index >= 15 is 0 Å². The Kier molecular flexibility index (Phi) is 5.23. The third-order valence-corrected chi connectivity index (χ3v) is 5.36. The smallest absolute Gasteiger partial charge is 0.255 e. The zero-order valence-corrected chi connectivity index (χ0v) is 15.3. The molecule has 1 amide bonds. The molecule has 25 heavy (non-hydrogen) atoms. The zero-order chi connectivity index (χ0) is 18.0. The van der Waals surface area contributed by atoms with E-state index in [2.05, 4.69) is 9.55 Å². The Hall–Kier alpha value is -2.14. The van der Waals surface area contributed by atoms with Gasteiger partial charge in [0.2, 0.25) is 0 Å². The second kappa shape index (κ2) is 7.40. The second-order valence-electron chi connectivity index (χ2n) is 7.06. The number of rotatable bonds is 4. The van der Waals surface area contributed by atoms with E-state index in [1.165, 1.54) is 0 Å². The Morgan fingerprint density at radius 1 is 1.32 bits per heavy atom. The van der Waals surface area contributed by atoms with Crippen molar-refractivity contribution in [1.29, 1.82) is 0 Å². The van der Waals surface area contributed by atoms with Crippen LogP contribution in [-0.4, -0.2) is 44.7 Å². The van der Waals surface area contributed by atoms with Gasteiger partial charge in [0.25, 0.3) is 5.91 Å². The average molecular weight is 341 g/mol. The van der Waals surface area contributed by atoms with Crippen molar-refractivity contribution in [2.75, 3.05) is 13.1 Å². The fraction of sp³-hybridized carbons (Fsp3) is 0.500. The molecule has 5 nitrogen and oxygen atoms in total. The number of amides is 1. The maximum Gasteiger partial charge on any atom is 0.255 e. The van der Waals surface area contributed by atoms with Crippen molar-refractivity contribution in [3.63, 3.8) is 0 Å². The number of hydrogen-bond acceptors (Lipinski definition) is 3. The Labute approximate surface area is 149 Å². The summed E-state index contributed by atoms with van der Waals surface area (Å²) in [5.41, 5.74) is 3.83. The number of likely N-dealkylation sites (tertiary alicyclic amines) is 1. The molecular weight excluding hydrogens is 314 g/mol. The van der Waals surface area contributed by atoms with Crippen LogP contribution < -0.4 is 0 Å². The number of aryl methyl sites for hydroxylation is 1. The van der Waals surface area contributed by atoms with E-state index in [-0.39, 0.29) is 12.0 Å². The molecule has 3 heterocycles. The number of hydrogen-bond donors (Lipinski definition) is 1. The van der Waals surface area contributed by atoms with Gasteiger partial charge in [-0.2, -0.15) is 0 Å². The monoisotopic (exact) mass is 341 g/mol. The van der Waals surface area contributed by atoms with E-state index in [1.54, 1.807) is 6.20 Å². The van der Waals surface area contributed by atoms with E-state index in [4.69, 9.17) is 0 Å². The predicted molar refractivity (Wildman–Crippen MR) is 97.6 cm³/mol. The number of carbonyl (C=O) groups excluding carboxylic acids is 1. The third kappa shape index (κ3) is 3.76. The van der Waals surface area contributed by atoms with E-state index < -0.39 is 0 Å². The minimum Gasteiger partial charge on any atom is -0.393 e. The van der Waals surface area contributed by atoms with Crippen LogP contribution in [0.25, 0.3) is 0 Å². The molecule has 0 aromatic carbocycles. The van der Waals surface area contributed by atoms with Crippen LogP contribution in [0.1, 0.15) is 47.2 Å². The van der Waals surface area contributed by atoms with Crippen LogP contribution in [0.3, 0.4) is 0 Å². The van der Waals surface area contributed by atoms with E-state index in [1.807, 2.05) is 49.9 Å². The summed E-state index contributed by atoms with van der Waals surface area (Å²) in [5.74, 6) is 0.407. The molecule has 0 bridgehead atoms. The van der Waals surface area contributed by atoms with Crippen molar-refractivity contribution in [1.82, 2.24) is 14.5 Å². The summed E-state index contributed by atoms with van der Waals surface area (Å²) >= 11 is 0. The normalized spacial score (nSPS) is 16.9. The molecule has 134 valence electrons. The maximum atomic E-state index is 12.9. The molecule has 0 spiro atoms. The van der Waals surface area contributed by atoms with Gasteiger partial charge in [0.1, 0.15) is 0 Å². The highest BCUT2D eigenvalue weighted by molar-refractivity contribution is 5.95. The first kappa shape index (κ1) is 17.7. The quantitative estimate of drug-likeness (QED) is 0.930. The van der Waals surface area contributed by atoms with E-state index in [0.717, 1.165) is 48.6 Å². The minimum absolute atomic E-state index is 0.101. The van der Waals surface area contributed by atoms with Crippen molar-refractivity contribution < 1.29 is 9.90 Å². The molecule has 1 fully saturated rings. The minimum atomic E-state index is -0.291. The van der Waals surface area contributed by atoms with Crippen molar-refractivity contribution in [2.24, 2.45) is 5.92 Å². The Balaban J connectivity index is 1.75. The standard InChI is InChI=1S/C20H27N3O2/c1-14-12-19(15(2)23(14)13-18-6-4-5-9-21-18)20(25)22-10-7-17(8-11-22)16(3)24/h4-6,9,12,16-17,24H,7-8,10-11,13H2,1-3H3. The highest BCUT2D eigenvalue weighted by Crippen LogP contribution is 2.24. The molecule has 1 N–H and O–H groups in total. The van der Waals surface area contributed by atoms with Gasteiger partial charge in [-0.05, 0) is 57.7 Å². The lowest BCUT2D eigenvalue weighted by atomic mass is 9.92. The van der Waals surface area contributed by atoms with Crippen molar-refractivity contribution in [2.45, 2.75) is 46.3 Å². The van der Waals surface area contributed by atoms with Gasteiger partial charge < -0.3 is 14.6 Å². The van der Waals surface area contributed by atoms with Crippen molar-refractivity contribution >= 4 is 5.91 Å². The summed E-state index contributed by atoms with van der Waals surface area (Å²) < 4.78 is 2.15. The van der Waals surface area contributed by atoms with Crippen LogP contribution in [0.5, 0.6) is 0 Å². The number of aromatic nitrogens is 2. The lowest BCUT2D eigenvalue weighted by molar-refractivity contribution is 0.0521. The summed E-state index contributed by atoms with van der Waals surface area (Å²) in [6, 6.07) is 7.88. The molecular formula is C20H27N3O2. The third-order valence-electron chi connectivity index (χ3n) is 5.36. The fourth-order valence-electron chi connectivity index (χ4n) is 3.67. The summed E-state index contributed by atoms with van der Waals surface area (Å²) in [7, 11) is 0. The summed E-state index contributed by atoms with van der Waals surface area (Å²) in [6.07, 6.45) is 3.24. The highest BCUT2D eigenvalue weighted by atomic mass is 16.3. The first-order chi connectivity index (χ1) is 12.0. The largest absolute Gasteiger partial charge is 0.393 e. The number of pyridine rings is 1. The first-order valence-corrected chi connectivity index (χ1v) is 9.01. The molecule has 5 heteroatoms. The van der Waals surface area contributed by atoms with Crippen LogP contribution >= 0.6 is 0 Å². The van der Waals surface area contributed by atoms with Crippen LogP contribution in [0.15, 0.2) is 30.5 Å². The van der Waals surface area contributed by atoms with Gasteiger partial charge in [-0.3, -0.25) is 9.78 Å². The Morgan fingerprint density at radius 3 is 2.64 bits per heavy atom. The summed E-state index contributed by atoms with van der Waals surface area (Å²) in [4.78, 5) is 19.3. The van der Waals surface area contributed by atoms with Gasteiger partial charge in [-0.15, -0.1) is 0 Å². The van der Waals surface area contributed by atoms with Gasteiger partial charge in [-0.1, -0.05) is 6.07 Å². The maximum absolute atomic E-state index is 12.9. The van der Waals surface area contributed by atoms with Crippen LogP contribution in [0.2, 0.25) is 0 Å². The van der Waals surface area contributed by atoms with Crippen molar-refractivity contribution in [3.8, 4) is 0 Å². The van der Waals surface area contributed by atoms with Gasteiger partial charge >= 0.3 is 0 Å². The molecule has 0 aliphatic carbocycles. The molecule has 0 radical (unpaired) electrons. The van der Waals surface area contributed by atoms with Gasteiger partial charge in [-0.25, -0.2) is 0 Å². The number of aliphatic hydroxyl groups is 1. The molecule has 3 rings (SSSR count). The highest BCUT2D eigenvalue weighted by Gasteiger charge is 2.27. The lowest BCUT2D eigenvalue weighted by Gasteiger charge is -2.33. The number of carbonyl (C=O) groups is 1. The average Bonchev–Trinajstić information content (AvgIpc) is 2.90. The molecule has 1 saturated heterocycles. The molecule has 1 aliphatic rings.